The van der Waals surface area contributed by atoms with Crippen LogP contribution in [0.15, 0.2) is 30.6 Å². The molecule has 6 heteroatoms. The third-order valence-corrected chi connectivity index (χ3v) is 5.34. The van der Waals surface area contributed by atoms with Crippen molar-refractivity contribution in [3.05, 3.63) is 47.5 Å². The van der Waals surface area contributed by atoms with Gasteiger partial charge in [0.2, 0.25) is 0 Å². The summed E-state index contributed by atoms with van der Waals surface area (Å²) in [5.74, 6) is 1.80. The first-order valence-electron chi connectivity index (χ1n) is 9.00. The van der Waals surface area contributed by atoms with Crippen LogP contribution in [-0.2, 0) is 6.42 Å². The molecule has 2 atom stereocenters. The Hall–Kier alpha value is -2.50. The normalized spacial score (nSPS) is 22.5. The molecule has 2 amide bonds. The van der Waals surface area contributed by atoms with Gasteiger partial charge in [0, 0.05) is 18.9 Å². The number of aromatic nitrogens is 2. The number of amides is 2. The van der Waals surface area contributed by atoms with Crippen LogP contribution in [0.5, 0.6) is 5.75 Å². The minimum atomic E-state index is 0.00164. The number of H-pyrrole nitrogens is 1. The van der Waals surface area contributed by atoms with Crippen LogP contribution in [0.2, 0.25) is 0 Å². The van der Waals surface area contributed by atoms with Gasteiger partial charge in [-0.2, -0.15) is 0 Å². The second-order valence-electron chi connectivity index (χ2n) is 6.75. The molecule has 0 spiro atoms. The van der Waals surface area contributed by atoms with E-state index in [9.17, 15) is 4.79 Å². The quantitative estimate of drug-likeness (QED) is 0.900. The lowest BCUT2D eigenvalue weighted by Crippen LogP contribution is -2.45. The Morgan fingerprint density at radius 3 is 3.08 bits per heavy atom. The number of nitrogens with zero attached hydrogens (tertiary/aromatic N) is 2. The Kier molecular flexibility index (Phi) is 4.34. The number of piperidine rings is 1. The number of rotatable bonds is 3. The molecule has 2 aromatic rings. The maximum atomic E-state index is 13.0. The molecule has 1 saturated heterocycles. The van der Waals surface area contributed by atoms with E-state index in [1.54, 1.807) is 13.3 Å². The second kappa shape index (κ2) is 6.78. The van der Waals surface area contributed by atoms with Crippen LogP contribution in [-0.4, -0.2) is 34.6 Å². The predicted octanol–water partition coefficient (Wildman–Crippen LogP) is 3.34. The molecule has 6 nitrogen and oxygen atoms in total. The van der Waals surface area contributed by atoms with Gasteiger partial charge in [-0.05, 0) is 49.3 Å². The van der Waals surface area contributed by atoms with Gasteiger partial charge < -0.3 is 19.9 Å². The van der Waals surface area contributed by atoms with Crippen molar-refractivity contribution in [3.8, 4) is 5.75 Å². The first kappa shape index (κ1) is 16.0. The number of methoxy groups -OCH3 is 1. The van der Waals surface area contributed by atoms with Gasteiger partial charge in [0.25, 0.3) is 0 Å². The number of urea groups is 1. The van der Waals surface area contributed by atoms with Gasteiger partial charge in [-0.1, -0.05) is 12.1 Å². The molecule has 0 saturated carbocycles. The number of hydrogen-bond donors (Lipinski definition) is 2. The second-order valence-corrected chi connectivity index (χ2v) is 6.75. The summed E-state index contributed by atoms with van der Waals surface area (Å²) in [6.07, 6.45) is 8.54. The number of carbonyl (C=O) groups excluding carboxylic acids is 1. The molecular weight excluding hydrogens is 316 g/mol. The third-order valence-electron chi connectivity index (χ3n) is 5.34. The number of likely N-dealkylation sites (tertiary alicyclic amines) is 1. The van der Waals surface area contributed by atoms with Crippen LogP contribution >= 0.6 is 0 Å². The Morgan fingerprint density at radius 1 is 1.36 bits per heavy atom. The average Bonchev–Trinajstić information content (AvgIpc) is 3.32. The van der Waals surface area contributed by atoms with E-state index in [1.807, 2.05) is 23.2 Å². The van der Waals surface area contributed by atoms with Gasteiger partial charge in [0.05, 0.1) is 19.2 Å². The minimum absolute atomic E-state index is 0.00164. The van der Waals surface area contributed by atoms with Crippen molar-refractivity contribution < 1.29 is 9.53 Å². The zero-order valence-corrected chi connectivity index (χ0v) is 14.5. The molecule has 2 N–H and O–H groups in total. The zero-order chi connectivity index (χ0) is 17.2. The van der Waals surface area contributed by atoms with Crippen LogP contribution in [0, 0.1) is 0 Å². The lowest BCUT2D eigenvalue weighted by Gasteiger charge is -2.35. The van der Waals surface area contributed by atoms with Crippen molar-refractivity contribution in [1.82, 2.24) is 20.2 Å². The fourth-order valence-corrected chi connectivity index (χ4v) is 4.11. The number of imidazole rings is 1. The molecule has 25 heavy (non-hydrogen) atoms. The Morgan fingerprint density at radius 2 is 2.28 bits per heavy atom. The highest BCUT2D eigenvalue weighted by Gasteiger charge is 2.33. The zero-order valence-electron chi connectivity index (χ0n) is 14.5. The molecular formula is C19H24N4O2. The van der Waals surface area contributed by atoms with Gasteiger partial charge in [-0.25, -0.2) is 9.78 Å². The van der Waals surface area contributed by atoms with Crippen molar-refractivity contribution in [2.24, 2.45) is 0 Å². The van der Waals surface area contributed by atoms with E-state index in [-0.39, 0.29) is 18.1 Å². The number of ether oxygens (including phenoxy) is 1. The molecule has 2 heterocycles. The number of fused-ring (bicyclic) bond motifs is 1. The van der Waals surface area contributed by atoms with E-state index < -0.39 is 0 Å². The number of aromatic amines is 1. The van der Waals surface area contributed by atoms with Gasteiger partial charge >= 0.3 is 6.03 Å². The summed E-state index contributed by atoms with van der Waals surface area (Å²) in [6.45, 7) is 0.773. The average molecular weight is 340 g/mol. The molecule has 2 aliphatic rings. The number of nitrogens with one attached hydrogen (secondary N) is 2. The van der Waals surface area contributed by atoms with E-state index in [4.69, 9.17) is 4.74 Å². The maximum Gasteiger partial charge on any atom is 0.318 e. The van der Waals surface area contributed by atoms with Crippen molar-refractivity contribution >= 4 is 6.03 Å². The largest absolute Gasteiger partial charge is 0.496 e. The first-order valence-corrected chi connectivity index (χ1v) is 9.00. The molecule has 1 aromatic heterocycles. The van der Waals surface area contributed by atoms with E-state index in [2.05, 4.69) is 21.4 Å². The highest BCUT2D eigenvalue weighted by atomic mass is 16.5. The van der Waals surface area contributed by atoms with Crippen LogP contribution in [0.25, 0.3) is 0 Å². The molecule has 1 fully saturated rings. The number of carbonyl (C=O) groups is 1. The first-order chi connectivity index (χ1) is 12.3. The summed E-state index contributed by atoms with van der Waals surface area (Å²) in [6, 6.07) is 6.17. The van der Waals surface area contributed by atoms with Crippen molar-refractivity contribution in [2.45, 2.75) is 44.2 Å². The lowest BCUT2D eigenvalue weighted by atomic mass is 10.0. The number of benzene rings is 1. The minimum Gasteiger partial charge on any atom is -0.496 e. The molecule has 0 unspecified atom stereocenters. The highest BCUT2D eigenvalue weighted by Crippen LogP contribution is 2.37. The van der Waals surface area contributed by atoms with E-state index in [1.165, 1.54) is 11.1 Å². The summed E-state index contributed by atoms with van der Waals surface area (Å²) >= 11 is 0. The SMILES string of the molecule is COc1cccc2c1CC[C@@H]2NC(=O)N1CCCC[C@H]1c1ncc[nH]1. The topological polar surface area (TPSA) is 70.2 Å². The Labute approximate surface area is 147 Å². The Bertz CT molecular complexity index is 744. The monoisotopic (exact) mass is 340 g/mol. The molecule has 132 valence electrons. The third kappa shape index (κ3) is 2.97. The Balaban J connectivity index is 1.51. The van der Waals surface area contributed by atoms with Gasteiger partial charge in [0.15, 0.2) is 0 Å². The highest BCUT2D eigenvalue weighted by molar-refractivity contribution is 5.75. The van der Waals surface area contributed by atoms with Gasteiger partial charge in [0.1, 0.15) is 11.6 Å². The summed E-state index contributed by atoms with van der Waals surface area (Å²) in [4.78, 5) is 22.4. The van der Waals surface area contributed by atoms with Gasteiger partial charge in [-0.15, -0.1) is 0 Å². The summed E-state index contributed by atoms with van der Waals surface area (Å²) in [7, 11) is 1.70. The van der Waals surface area contributed by atoms with E-state index >= 15 is 0 Å². The van der Waals surface area contributed by atoms with Crippen LogP contribution in [0.1, 0.15) is 54.7 Å². The van der Waals surface area contributed by atoms with Crippen LogP contribution in [0.3, 0.4) is 0 Å². The van der Waals surface area contributed by atoms with Crippen molar-refractivity contribution in [3.63, 3.8) is 0 Å². The maximum absolute atomic E-state index is 13.0. The molecule has 1 aliphatic carbocycles. The summed E-state index contributed by atoms with van der Waals surface area (Å²) in [5, 5.41) is 3.24. The van der Waals surface area contributed by atoms with Crippen LogP contribution < -0.4 is 10.1 Å². The standard InChI is InChI=1S/C19H24N4O2/c1-25-17-7-4-5-13-14(17)8-9-15(13)22-19(24)23-12-3-2-6-16(23)18-20-10-11-21-18/h4-5,7,10-11,15-16H,2-3,6,8-9,12H2,1H3,(H,20,21)(H,22,24)/t15-,16-/m0/s1. The molecule has 0 radical (unpaired) electrons. The fourth-order valence-electron chi connectivity index (χ4n) is 4.11. The van der Waals surface area contributed by atoms with E-state index in [0.29, 0.717) is 0 Å². The summed E-state index contributed by atoms with van der Waals surface area (Å²) < 4.78 is 5.46. The molecule has 1 aromatic carbocycles. The predicted molar refractivity (Wildman–Crippen MR) is 94.5 cm³/mol. The van der Waals surface area contributed by atoms with Crippen molar-refractivity contribution in [1.29, 1.82) is 0 Å². The summed E-state index contributed by atoms with van der Waals surface area (Å²) in [5.41, 5.74) is 2.40. The van der Waals surface area contributed by atoms with Crippen LogP contribution in [0.4, 0.5) is 4.79 Å². The molecule has 1 aliphatic heterocycles. The van der Waals surface area contributed by atoms with E-state index in [0.717, 1.165) is 50.2 Å². The number of hydrogen-bond acceptors (Lipinski definition) is 3. The fraction of sp³-hybridized carbons (Fsp3) is 0.474. The lowest BCUT2D eigenvalue weighted by molar-refractivity contribution is 0.145. The van der Waals surface area contributed by atoms with Crippen molar-refractivity contribution in [2.75, 3.05) is 13.7 Å². The smallest absolute Gasteiger partial charge is 0.318 e. The van der Waals surface area contributed by atoms with Gasteiger partial charge in [-0.3, -0.25) is 0 Å². The molecule has 4 rings (SSSR count). The molecule has 0 bridgehead atoms.